The van der Waals surface area contributed by atoms with Gasteiger partial charge in [-0.05, 0) is 25.0 Å². The van der Waals surface area contributed by atoms with Gasteiger partial charge in [-0.15, -0.1) is 0 Å². The van der Waals surface area contributed by atoms with Gasteiger partial charge in [-0.3, -0.25) is 0 Å². The third-order valence-electron chi connectivity index (χ3n) is 3.92. The van der Waals surface area contributed by atoms with E-state index in [9.17, 15) is 0 Å². The molecule has 0 saturated heterocycles. The number of imidazole rings is 1. The van der Waals surface area contributed by atoms with E-state index < -0.39 is 0 Å². The van der Waals surface area contributed by atoms with Crippen molar-refractivity contribution in [3.63, 3.8) is 0 Å². The fourth-order valence-corrected chi connectivity index (χ4v) is 2.65. The molecule has 3 rings (SSSR count). The molecule has 0 N–H and O–H groups in total. The minimum atomic E-state index is 0.925. The maximum Gasteiger partial charge on any atom is 0.134 e. The van der Waals surface area contributed by atoms with Crippen LogP contribution in [0.25, 0.3) is 11.0 Å². The van der Waals surface area contributed by atoms with Crippen molar-refractivity contribution in [3.05, 3.63) is 47.9 Å². The molecule has 2 heterocycles. The van der Waals surface area contributed by atoms with Crippen molar-refractivity contribution in [2.75, 3.05) is 11.9 Å². The van der Waals surface area contributed by atoms with Crippen LogP contribution in [0.2, 0.25) is 0 Å². The number of aryl methyl sites for hydroxylation is 3. The van der Waals surface area contributed by atoms with Crippen molar-refractivity contribution in [2.45, 2.75) is 20.3 Å². The highest BCUT2D eigenvalue weighted by Gasteiger charge is 2.11. The summed E-state index contributed by atoms with van der Waals surface area (Å²) in [6.45, 7) is 4.31. The van der Waals surface area contributed by atoms with Crippen molar-refractivity contribution in [2.24, 2.45) is 7.05 Å². The van der Waals surface area contributed by atoms with E-state index in [1.54, 1.807) is 0 Å². The van der Waals surface area contributed by atoms with E-state index in [0.29, 0.717) is 0 Å². The minimum absolute atomic E-state index is 0.925. The highest BCUT2D eigenvalue weighted by Crippen LogP contribution is 2.28. The number of hydrogen-bond acceptors (Lipinski definition) is 3. The van der Waals surface area contributed by atoms with Crippen LogP contribution in [0.3, 0.4) is 0 Å². The summed E-state index contributed by atoms with van der Waals surface area (Å²) in [6, 6.07) is 8.65. The predicted molar refractivity (Wildman–Crippen MR) is 87.1 cm³/mol. The summed E-state index contributed by atoms with van der Waals surface area (Å²) < 4.78 is 2.02. The predicted octanol–water partition coefficient (Wildman–Crippen LogP) is 3.61. The number of nitrogens with zero attached hydrogens (tertiary/aromatic N) is 4. The average molecular weight is 280 g/mol. The maximum absolute atomic E-state index is 4.54. The summed E-state index contributed by atoms with van der Waals surface area (Å²) in [5.74, 6) is 0.935. The van der Waals surface area contributed by atoms with E-state index in [0.717, 1.165) is 23.3 Å². The first-order valence-electron chi connectivity index (χ1n) is 7.20. The minimum Gasteiger partial charge on any atom is -0.334 e. The van der Waals surface area contributed by atoms with E-state index in [1.807, 2.05) is 24.1 Å². The van der Waals surface area contributed by atoms with E-state index in [-0.39, 0.29) is 0 Å². The highest BCUT2D eigenvalue weighted by atomic mass is 15.2. The Balaban J connectivity index is 2.07. The molecule has 0 bridgehead atoms. The zero-order valence-corrected chi connectivity index (χ0v) is 13.0. The second-order valence-electron chi connectivity index (χ2n) is 5.43. The van der Waals surface area contributed by atoms with Crippen LogP contribution in [0.5, 0.6) is 0 Å². The lowest BCUT2D eigenvalue weighted by Crippen LogP contribution is -2.13. The van der Waals surface area contributed by atoms with Crippen LogP contribution >= 0.6 is 0 Å². The lowest BCUT2D eigenvalue weighted by molar-refractivity contribution is 0.946. The van der Waals surface area contributed by atoms with Crippen molar-refractivity contribution in [1.29, 1.82) is 0 Å². The highest BCUT2D eigenvalue weighted by molar-refractivity contribution is 5.79. The Hall–Kier alpha value is -2.36. The Labute approximate surface area is 125 Å². The molecule has 0 saturated carbocycles. The SMILES string of the molecule is CCc1cc(C)ccc1N(C)c1cc2c(cn1)ncn2C. The summed E-state index contributed by atoms with van der Waals surface area (Å²) in [5.41, 5.74) is 5.85. The van der Waals surface area contributed by atoms with Crippen LogP contribution in [0, 0.1) is 6.92 Å². The van der Waals surface area contributed by atoms with Crippen molar-refractivity contribution >= 4 is 22.5 Å². The molecule has 4 heteroatoms. The first-order chi connectivity index (χ1) is 10.1. The van der Waals surface area contributed by atoms with Crippen LogP contribution in [-0.2, 0) is 13.5 Å². The monoisotopic (exact) mass is 280 g/mol. The van der Waals surface area contributed by atoms with Gasteiger partial charge < -0.3 is 9.47 Å². The van der Waals surface area contributed by atoms with Gasteiger partial charge in [0.25, 0.3) is 0 Å². The molecule has 0 aliphatic carbocycles. The van der Waals surface area contributed by atoms with Crippen LogP contribution in [0.4, 0.5) is 11.5 Å². The lowest BCUT2D eigenvalue weighted by Gasteiger charge is -2.22. The number of aromatic nitrogens is 3. The van der Waals surface area contributed by atoms with Gasteiger partial charge in [0.15, 0.2) is 0 Å². The smallest absolute Gasteiger partial charge is 0.134 e. The molecule has 0 atom stereocenters. The quantitative estimate of drug-likeness (QED) is 0.735. The number of fused-ring (bicyclic) bond motifs is 1. The van der Waals surface area contributed by atoms with Crippen LogP contribution in [0.15, 0.2) is 36.8 Å². The third kappa shape index (κ3) is 2.37. The van der Waals surface area contributed by atoms with Gasteiger partial charge in [-0.1, -0.05) is 24.6 Å². The molecule has 108 valence electrons. The molecule has 3 aromatic rings. The Bertz CT molecular complexity index is 789. The molecule has 0 unspecified atom stereocenters. The van der Waals surface area contributed by atoms with Crippen molar-refractivity contribution in [1.82, 2.24) is 14.5 Å². The van der Waals surface area contributed by atoms with Crippen molar-refractivity contribution < 1.29 is 0 Å². The van der Waals surface area contributed by atoms with Crippen molar-refractivity contribution in [3.8, 4) is 0 Å². The Morgan fingerprint density at radius 2 is 2.00 bits per heavy atom. The largest absolute Gasteiger partial charge is 0.334 e. The molecule has 0 fully saturated rings. The second-order valence-corrected chi connectivity index (χ2v) is 5.43. The van der Waals surface area contributed by atoms with Gasteiger partial charge in [0.1, 0.15) is 11.3 Å². The molecular weight excluding hydrogens is 260 g/mol. The zero-order valence-electron chi connectivity index (χ0n) is 13.0. The summed E-state index contributed by atoms with van der Waals surface area (Å²) in [4.78, 5) is 11.0. The van der Waals surface area contributed by atoms with Gasteiger partial charge >= 0.3 is 0 Å². The van der Waals surface area contributed by atoms with Crippen LogP contribution in [0.1, 0.15) is 18.1 Å². The third-order valence-corrected chi connectivity index (χ3v) is 3.92. The molecule has 1 aromatic carbocycles. The summed E-state index contributed by atoms with van der Waals surface area (Å²) in [7, 11) is 4.07. The first kappa shape index (κ1) is 13.6. The first-order valence-corrected chi connectivity index (χ1v) is 7.20. The topological polar surface area (TPSA) is 34.0 Å². The van der Waals surface area contributed by atoms with E-state index >= 15 is 0 Å². The molecule has 0 aliphatic rings. The Kier molecular flexibility index (Phi) is 3.37. The zero-order chi connectivity index (χ0) is 15.0. The standard InChI is InChI=1S/C17H20N4/c1-5-13-8-12(2)6-7-15(13)21(4)17-9-16-14(10-18-17)19-11-20(16)3/h6-11H,5H2,1-4H3. The van der Waals surface area contributed by atoms with Gasteiger partial charge in [0.2, 0.25) is 0 Å². The normalized spacial score (nSPS) is 11.0. The van der Waals surface area contributed by atoms with E-state index in [1.165, 1.54) is 16.8 Å². The average Bonchev–Trinajstić information content (AvgIpc) is 2.87. The number of benzene rings is 1. The summed E-state index contributed by atoms with van der Waals surface area (Å²) in [6.07, 6.45) is 4.66. The molecule has 0 radical (unpaired) electrons. The summed E-state index contributed by atoms with van der Waals surface area (Å²) >= 11 is 0. The number of rotatable bonds is 3. The number of anilines is 2. The maximum atomic E-state index is 4.54. The van der Waals surface area contributed by atoms with Gasteiger partial charge in [0, 0.05) is 25.8 Å². The molecule has 0 aliphatic heterocycles. The van der Waals surface area contributed by atoms with Crippen LogP contribution in [-0.4, -0.2) is 21.6 Å². The fraction of sp³-hybridized carbons (Fsp3) is 0.294. The number of pyridine rings is 1. The Morgan fingerprint density at radius 3 is 2.76 bits per heavy atom. The summed E-state index contributed by atoms with van der Waals surface area (Å²) in [5, 5.41) is 0. The molecule has 0 amide bonds. The molecular formula is C17H20N4. The second kappa shape index (κ2) is 5.20. The van der Waals surface area contributed by atoms with E-state index in [2.05, 4.69) is 60.0 Å². The fourth-order valence-electron chi connectivity index (χ4n) is 2.65. The lowest BCUT2D eigenvalue weighted by atomic mass is 10.1. The van der Waals surface area contributed by atoms with Gasteiger partial charge in [0.05, 0.1) is 18.0 Å². The van der Waals surface area contributed by atoms with Gasteiger partial charge in [-0.2, -0.15) is 0 Å². The molecule has 4 nitrogen and oxygen atoms in total. The molecule has 21 heavy (non-hydrogen) atoms. The number of hydrogen-bond donors (Lipinski definition) is 0. The molecule has 0 spiro atoms. The van der Waals surface area contributed by atoms with Gasteiger partial charge in [-0.25, -0.2) is 9.97 Å². The van der Waals surface area contributed by atoms with Crippen LogP contribution < -0.4 is 4.90 Å². The van der Waals surface area contributed by atoms with E-state index in [4.69, 9.17) is 0 Å². The molecule has 2 aromatic heterocycles. The Morgan fingerprint density at radius 1 is 1.19 bits per heavy atom.